The molecule has 62 valence electrons. The van der Waals surface area contributed by atoms with Gasteiger partial charge < -0.3 is 0 Å². The second-order valence-electron chi connectivity index (χ2n) is 2.23. The monoisotopic (exact) mass is 181 g/mol. The van der Waals surface area contributed by atoms with Gasteiger partial charge in [0.25, 0.3) is 0 Å². The molecule has 10 heavy (non-hydrogen) atoms. The molecule has 0 spiro atoms. The third-order valence-corrected chi connectivity index (χ3v) is 2.22. The van der Waals surface area contributed by atoms with Crippen molar-refractivity contribution in [3.63, 3.8) is 0 Å². The molecule has 0 bridgehead atoms. The molecular weight excluding hydrogens is 165 g/mol. The number of alkyl halides is 1. The maximum Gasteiger partial charge on any atom is 0.0466 e. The standard InChI is InChI=1S/C5H11ClNP.C2H6/c6-5-2-1-3-7(8)4-5;1-2/h5H,1-4,8H2;1-2H3. The van der Waals surface area contributed by atoms with Crippen molar-refractivity contribution < 1.29 is 0 Å². The summed E-state index contributed by atoms with van der Waals surface area (Å²) < 4.78 is 2.20. The van der Waals surface area contributed by atoms with E-state index in [0.717, 1.165) is 6.54 Å². The molecule has 0 N–H and O–H groups in total. The molecule has 1 heterocycles. The van der Waals surface area contributed by atoms with E-state index in [2.05, 4.69) is 14.1 Å². The van der Waals surface area contributed by atoms with Gasteiger partial charge in [0.15, 0.2) is 0 Å². The van der Waals surface area contributed by atoms with Crippen LogP contribution in [0.5, 0.6) is 0 Å². The number of rotatable bonds is 0. The highest BCUT2D eigenvalue weighted by Gasteiger charge is 2.13. The molecule has 0 aromatic rings. The highest BCUT2D eigenvalue weighted by molar-refractivity contribution is 7.13. The van der Waals surface area contributed by atoms with E-state index in [1.54, 1.807) is 0 Å². The van der Waals surface area contributed by atoms with Gasteiger partial charge in [-0.15, -0.1) is 11.6 Å². The van der Waals surface area contributed by atoms with Crippen LogP contribution in [-0.2, 0) is 0 Å². The summed E-state index contributed by atoms with van der Waals surface area (Å²) in [5.41, 5.74) is 0. The number of hydrogen-bond donors (Lipinski definition) is 0. The first-order valence-electron chi connectivity index (χ1n) is 3.93. The molecule has 1 saturated heterocycles. The van der Waals surface area contributed by atoms with Gasteiger partial charge in [-0.3, -0.25) is 4.67 Å². The van der Waals surface area contributed by atoms with Crippen LogP contribution in [-0.4, -0.2) is 23.1 Å². The summed E-state index contributed by atoms with van der Waals surface area (Å²) in [5, 5.41) is 0.390. The van der Waals surface area contributed by atoms with Crippen molar-refractivity contribution in [1.29, 1.82) is 0 Å². The lowest BCUT2D eigenvalue weighted by molar-refractivity contribution is 0.384. The number of halogens is 1. The minimum absolute atomic E-state index is 0.390. The first-order chi connectivity index (χ1) is 4.79. The molecule has 3 heteroatoms. The third kappa shape index (κ3) is 4.49. The molecule has 0 aromatic heterocycles. The lowest BCUT2D eigenvalue weighted by atomic mass is 10.2. The van der Waals surface area contributed by atoms with E-state index in [9.17, 15) is 0 Å². The Labute approximate surface area is 71.4 Å². The predicted molar refractivity (Wildman–Crippen MR) is 51.5 cm³/mol. The second-order valence-corrected chi connectivity index (χ2v) is 3.58. The molecule has 1 fully saturated rings. The summed E-state index contributed by atoms with van der Waals surface area (Å²) in [6, 6.07) is 0. The third-order valence-electron chi connectivity index (χ3n) is 1.40. The summed E-state index contributed by atoms with van der Waals surface area (Å²) in [7, 11) is 2.68. The average molecular weight is 182 g/mol. The van der Waals surface area contributed by atoms with E-state index in [4.69, 9.17) is 11.6 Å². The number of nitrogens with zero attached hydrogens (tertiary/aromatic N) is 1. The summed E-state index contributed by atoms with van der Waals surface area (Å²) >= 11 is 5.86. The van der Waals surface area contributed by atoms with Gasteiger partial charge >= 0.3 is 0 Å². The SMILES string of the molecule is CC.PN1CCCC(Cl)C1. The van der Waals surface area contributed by atoms with Crippen LogP contribution >= 0.6 is 21.0 Å². The fourth-order valence-corrected chi connectivity index (χ4v) is 1.86. The highest BCUT2D eigenvalue weighted by atomic mass is 35.5. The topological polar surface area (TPSA) is 3.24 Å². The Bertz CT molecular complexity index is 72.0. The van der Waals surface area contributed by atoms with Gasteiger partial charge in [-0.2, -0.15) is 0 Å². The van der Waals surface area contributed by atoms with Crippen molar-refractivity contribution in [2.45, 2.75) is 32.1 Å². The first-order valence-corrected chi connectivity index (χ1v) is 4.88. The van der Waals surface area contributed by atoms with E-state index >= 15 is 0 Å². The molecule has 1 aliphatic rings. The first kappa shape index (κ1) is 10.7. The fraction of sp³-hybridized carbons (Fsp3) is 1.00. The van der Waals surface area contributed by atoms with Gasteiger partial charge in [-0.05, 0) is 12.8 Å². The normalized spacial score (nSPS) is 27.0. The van der Waals surface area contributed by atoms with Crippen LogP contribution in [0.2, 0.25) is 0 Å². The van der Waals surface area contributed by atoms with Crippen LogP contribution in [0, 0.1) is 0 Å². The lowest BCUT2D eigenvalue weighted by Gasteiger charge is -2.24. The van der Waals surface area contributed by atoms with Crippen LogP contribution < -0.4 is 0 Å². The van der Waals surface area contributed by atoms with Crippen LogP contribution in [0.15, 0.2) is 0 Å². The van der Waals surface area contributed by atoms with E-state index in [0.29, 0.717) is 5.38 Å². The quantitative estimate of drug-likeness (QED) is 0.410. The zero-order valence-corrected chi connectivity index (χ0v) is 8.72. The average Bonchev–Trinajstić information content (AvgIpc) is 1.91. The van der Waals surface area contributed by atoms with E-state index in [1.807, 2.05) is 13.8 Å². The van der Waals surface area contributed by atoms with Crippen LogP contribution in [0.25, 0.3) is 0 Å². The highest BCUT2D eigenvalue weighted by Crippen LogP contribution is 2.16. The molecule has 2 unspecified atom stereocenters. The Morgan fingerprint density at radius 2 is 2.10 bits per heavy atom. The molecule has 2 atom stereocenters. The second kappa shape index (κ2) is 6.39. The summed E-state index contributed by atoms with van der Waals surface area (Å²) in [5.74, 6) is 0. The van der Waals surface area contributed by atoms with Crippen molar-refractivity contribution in [2.75, 3.05) is 13.1 Å². The van der Waals surface area contributed by atoms with Crippen molar-refractivity contribution in [2.24, 2.45) is 0 Å². The van der Waals surface area contributed by atoms with Gasteiger partial charge in [-0.1, -0.05) is 23.2 Å². The van der Waals surface area contributed by atoms with E-state index in [-0.39, 0.29) is 0 Å². The van der Waals surface area contributed by atoms with E-state index in [1.165, 1.54) is 19.4 Å². The predicted octanol–water partition coefficient (Wildman–Crippen LogP) is 2.51. The Kier molecular flexibility index (Phi) is 6.83. The Hall–Kier alpha value is 0.680. The zero-order valence-electron chi connectivity index (χ0n) is 6.81. The van der Waals surface area contributed by atoms with Crippen LogP contribution in [0.1, 0.15) is 26.7 Å². The summed E-state index contributed by atoms with van der Waals surface area (Å²) in [6.07, 6.45) is 2.43. The van der Waals surface area contributed by atoms with Crippen molar-refractivity contribution in [3.05, 3.63) is 0 Å². The fourth-order valence-electron chi connectivity index (χ4n) is 0.953. The van der Waals surface area contributed by atoms with Gasteiger partial charge in [0.1, 0.15) is 0 Å². The molecule has 0 aliphatic carbocycles. The molecule has 1 aliphatic heterocycles. The summed E-state index contributed by atoms with van der Waals surface area (Å²) in [4.78, 5) is 0. The minimum Gasteiger partial charge on any atom is -0.286 e. The Balaban J connectivity index is 0.000000371. The van der Waals surface area contributed by atoms with Crippen LogP contribution in [0.4, 0.5) is 0 Å². The summed E-state index contributed by atoms with van der Waals surface area (Å²) in [6.45, 7) is 6.22. The number of piperidine rings is 1. The van der Waals surface area contributed by atoms with Gasteiger partial charge in [0, 0.05) is 18.5 Å². The van der Waals surface area contributed by atoms with Crippen molar-refractivity contribution >= 4 is 21.0 Å². The largest absolute Gasteiger partial charge is 0.286 e. The van der Waals surface area contributed by atoms with Gasteiger partial charge in [0.05, 0.1) is 0 Å². The molecule has 0 aromatic carbocycles. The Morgan fingerprint density at radius 1 is 1.50 bits per heavy atom. The molecule has 1 rings (SSSR count). The van der Waals surface area contributed by atoms with Gasteiger partial charge in [0.2, 0.25) is 0 Å². The van der Waals surface area contributed by atoms with Crippen LogP contribution in [0.3, 0.4) is 0 Å². The molecule has 0 radical (unpaired) electrons. The number of hydrogen-bond acceptors (Lipinski definition) is 1. The lowest BCUT2D eigenvalue weighted by Crippen LogP contribution is -2.27. The van der Waals surface area contributed by atoms with Crippen molar-refractivity contribution in [3.8, 4) is 0 Å². The molecule has 0 amide bonds. The zero-order chi connectivity index (χ0) is 7.98. The van der Waals surface area contributed by atoms with Crippen molar-refractivity contribution in [1.82, 2.24) is 4.67 Å². The molecule has 1 nitrogen and oxygen atoms in total. The minimum atomic E-state index is 0.390. The maximum absolute atomic E-state index is 5.86. The molecule has 0 saturated carbocycles. The van der Waals surface area contributed by atoms with Gasteiger partial charge in [-0.25, -0.2) is 0 Å². The maximum atomic E-state index is 5.86. The Morgan fingerprint density at radius 3 is 2.40 bits per heavy atom. The molecular formula is C7H17ClNP. The van der Waals surface area contributed by atoms with E-state index < -0.39 is 0 Å². The smallest absolute Gasteiger partial charge is 0.0466 e.